The van der Waals surface area contributed by atoms with Crippen molar-refractivity contribution >= 4 is 0 Å². The van der Waals surface area contributed by atoms with Crippen molar-refractivity contribution < 1.29 is 9.47 Å². The minimum Gasteiger partial charge on any atom is -0.493 e. The van der Waals surface area contributed by atoms with Gasteiger partial charge >= 0.3 is 0 Å². The predicted molar refractivity (Wildman–Crippen MR) is 78.0 cm³/mol. The molecule has 1 aromatic carbocycles. The first-order valence-corrected chi connectivity index (χ1v) is 7.17. The molecule has 0 aliphatic carbocycles. The van der Waals surface area contributed by atoms with Crippen LogP contribution in [0.1, 0.15) is 23.1 Å². The van der Waals surface area contributed by atoms with Crippen LogP contribution in [0.25, 0.3) is 0 Å². The van der Waals surface area contributed by atoms with Gasteiger partial charge in [-0.3, -0.25) is 4.90 Å². The summed E-state index contributed by atoms with van der Waals surface area (Å²) in [5.41, 5.74) is 3.78. The number of ether oxygens (including phenoxy) is 2. The van der Waals surface area contributed by atoms with Crippen molar-refractivity contribution in [2.45, 2.75) is 27.2 Å². The van der Waals surface area contributed by atoms with Gasteiger partial charge in [0, 0.05) is 19.6 Å². The van der Waals surface area contributed by atoms with Crippen LogP contribution in [0.15, 0.2) is 12.1 Å². The maximum absolute atomic E-state index is 5.96. The number of aryl methyl sites for hydroxylation is 3. The van der Waals surface area contributed by atoms with Crippen molar-refractivity contribution in [1.29, 1.82) is 0 Å². The highest BCUT2D eigenvalue weighted by atomic mass is 16.5. The van der Waals surface area contributed by atoms with E-state index in [9.17, 15) is 0 Å². The lowest BCUT2D eigenvalue weighted by atomic mass is 10.1. The van der Waals surface area contributed by atoms with Crippen LogP contribution >= 0.6 is 0 Å². The Bertz CT molecular complexity index is 388. The molecular weight excluding hydrogens is 238 g/mol. The second-order valence-corrected chi connectivity index (χ2v) is 5.38. The predicted octanol–water partition coefficient (Wildman–Crippen LogP) is 2.71. The van der Waals surface area contributed by atoms with Gasteiger partial charge in [0.1, 0.15) is 5.75 Å². The van der Waals surface area contributed by atoms with Gasteiger partial charge in [-0.2, -0.15) is 0 Å². The molecule has 1 aromatic rings. The van der Waals surface area contributed by atoms with Crippen LogP contribution in [-0.2, 0) is 4.74 Å². The molecule has 3 heteroatoms. The van der Waals surface area contributed by atoms with Gasteiger partial charge in [-0.1, -0.05) is 17.7 Å². The summed E-state index contributed by atoms with van der Waals surface area (Å²) >= 11 is 0. The summed E-state index contributed by atoms with van der Waals surface area (Å²) in [4.78, 5) is 2.45. The van der Waals surface area contributed by atoms with Crippen LogP contribution < -0.4 is 4.74 Å². The first-order chi connectivity index (χ1) is 9.16. The number of nitrogens with zero attached hydrogens (tertiary/aromatic N) is 1. The lowest BCUT2D eigenvalue weighted by Crippen LogP contribution is -2.37. The fourth-order valence-corrected chi connectivity index (χ4v) is 2.68. The molecule has 0 spiro atoms. The van der Waals surface area contributed by atoms with Gasteiger partial charge in [0.15, 0.2) is 0 Å². The molecule has 1 fully saturated rings. The van der Waals surface area contributed by atoms with E-state index in [-0.39, 0.29) is 0 Å². The van der Waals surface area contributed by atoms with Crippen molar-refractivity contribution in [2.24, 2.45) is 0 Å². The fourth-order valence-electron chi connectivity index (χ4n) is 2.68. The molecule has 1 aliphatic heterocycles. The van der Waals surface area contributed by atoms with Gasteiger partial charge in [0.05, 0.1) is 19.8 Å². The molecule has 0 amide bonds. The van der Waals surface area contributed by atoms with Gasteiger partial charge in [-0.05, 0) is 38.3 Å². The highest BCUT2D eigenvalue weighted by Crippen LogP contribution is 2.24. The summed E-state index contributed by atoms with van der Waals surface area (Å²) in [6.07, 6.45) is 1.08. The Labute approximate surface area is 116 Å². The van der Waals surface area contributed by atoms with Gasteiger partial charge in [0.2, 0.25) is 0 Å². The first kappa shape index (κ1) is 14.4. The summed E-state index contributed by atoms with van der Waals surface area (Å²) < 4.78 is 11.3. The number of benzene rings is 1. The molecule has 1 saturated heterocycles. The van der Waals surface area contributed by atoms with Crippen molar-refractivity contribution in [3.05, 3.63) is 28.8 Å². The normalized spacial score (nSPS) is 16.6. The van der Waals surface area contributed by atoms with Gasteiger partial charge in [-0.15, -0.1) is 0 Å². The van der Waals surface area contributed by atoms with Gasteiger partial charge < -0.3 is 9.47 Å². The molecule has 1 heterocycles. The van der Waals surface area contributed by atoms with E-state index >= 15 is 0 Å². The van der Waals surface area contributed by atoms with Gasteiger partial charge in [0.25, 0.3) is 0 Å². The summed E-state index contributed by atoms with van der Waals surface area (Å²) in [5.74, 6) is 1.06. The average molecular weight is 263 g/mol. The van der Waals surface area contributed by atoms with Crippen LogP contribution in [-0.4, -0.2) is 44.4 Å². The van der Waals surface area contributed by atoms with Crippen LogP contribution in [0.3, 0.4) is 0 Å². The zero-order valence-electron chi connectivity index (χ0n) is 12.4. The molecular formula is C16H25NO2. The van der Waals surface area contributed by atoms with Crippen LogP contribution in [0.4, 0.5) is 0 Å². The minimum atomic E-state index is 0.794. The summed E-state index contributed by atoms with van der Waals surface area (Å²) in [5, 5.41) is 0. The smallest absolute Gasteiger partial charge is 0.125 e. The molecule has 0 unspecified atom stereocenters. The summed E-state index contributed by atoms with van der Waals surface area (Å²) in [7, 11) is 0. The molecule has 0 saturated carbocycles. The van der Waals surface area contributed by atoms with Crippen molar-refractivity contribution in [1.82, 2.24) is 4.90 Å². The van der Waals surface area contributed by atoms with E-state index in [0.717, 1.165) is 51.6 Å². The quantitative estimate of drug-likeness (QED) is 0.762. The van der Waals surface area contributed by atoms with Crippen molar-refractivity contribution in [2.75, 3.05) is 39.5 Å². The monoisotopic (exact) mass is 263 g/mol. The molecule has 2 rings (SSSR count). The number of rotatable bonds is 5. The standard InChI is InChI=1S/C16H25NO2/c1-13-11-14(2)16(15(3)12-13)19-8-4-5-17-6-9-18-10-7-17/h11-12H,4-10H2,1-3H3. The van der Waals surface area contributed by atoms with E-state index in [4.69, 9.17) is 9.47 Å². The zero-order chi connectivity index (χ0) is 13.7. The third-order valence-corrected chi connectivity index (χ3v) is 3.57. The Morgan fingerprint density at radius 2 is 1.74 bits per heavy atom. The Morgan fingerprint density at radius 3 is 2.37 bits per heavy atom. The lowest BCUT2D eigenvalue weighted by molar-refractivity contribution is 0.0357. The van der Waals surface area contributed by atoms with Crippen molar-refractivity contribution in [3.8, 4) is 5.75 Å². The van der Waals surface area contributed by atoms with Crippen LogP contribution in [0.5, 0.6) is 5.75 Å². The van der Waals surface area contributed by atoms with Crippen LogP contribution in [0.2, 0.25) is 0 Å². The SMILES string of the molecule is Cc1cc(C)c(OCCCN2CCOCC2)c(C)c1. The maximum atomic E-state index is 5.96. The number of hydrogen-bond acceptors (Lipinski definition) is 3. The Kier molecular flexibility index (Phi) is 5.23. The average Bonchev–Trinajstić information content (AvgIpc) is 2.38. The number of morpholine rings is 1. The van der Waals surface area contributed by atoms with E-state index in [1.807, 2.05) is 0 Å². The highest BCUT2D eigenvalue weighted by molar-refractivity contribution is 5.42. The highest BCUT2D eigenvalue weighted by Gasteiger charge is 2.10. The number of hydrogen-bond donors (Lipinski definition) is 0. The van der Waals surface area contributed by atoms with Gasteiger partial charge in [-0.25, -0.2) is 0 Å². The molecule has 1 aliphatic rings. The molecule has 0 bridgehead atoms. The van der Waals surface area contributed by atoms with Crippen LogP contribution in [0, 0.1) is 20.8 Å². The van der Waals surface area contributed by atoms with Crippen molar-refractivity contribution in [3.63, 3.8) is 0 Å². The first-order valence-electron chi connectivity index (χ1n) is 7.17. The largest absolute Gasteiger partial charge is 0.493 e. The fraction of sp³-hybridized carbons (Fsp3) is 0.625. The minimum absolute atomic E-state index is 0.794. The molecule has 0 N–H and O–H groups in total. The molecule has 3 nitrogen and oxygen atoms in total. The lowest BCUT2D eigenvalue weighted by Gasteiger charge is -2.26. The van der Waals surface area contributed by atoms with E-state index < -0.39 is 0 Å². The summed E-state index contributed by atoms with van der Waals surface area (Å²) in [6, 6.07) is 4.37. The van der Waals surface area contributed by atoms with E-state index in [0.29, 0.717) is 0 Å². The van der Waals surface area contributed by atoms with E-state index in [1.165, 1.54) is 16.7 Å². The Balaban J connectivity index is 1.76. The molecule has 0 atom stereocenters. The van der Waals surface area contributed by atoms with E-state index in [2.05, 4.69) is 37.8 Å². The maximum Gasteiger partial charge on any atom is 0.125 e. The second-order valence-electron chi connectivity index (χ2n) is 5.38. The Morgan fingerprint density at radius 1 is 1.11 bits per heavy atom. The molecule has 0 radical (unpaired) electrons. The third kappa shape index (κ3) is 4.22. The zero-order valence-corrected chi connectivity index (χ0v) is 12.4. The molecule has 106 valence electrons. The topological polar surface area (TPSA) is 21.7 Å². The third-order valence-electron chi connectivity index (χ3n) is 3.57. The summed E-state index contributed by atoms with van der Waals surface area (Å²) in [6.45, 7) is 12.1. The Hall–Kier alpha value is -1.06. The molecule has 19 heavy (non-hydrogen) atoms. The molecule has 0 aromatic heterocycles. The van der Waals surface area contributed by atoms with E-state index in [1.54, 1.807) is 0 Å². The second kappa shape index (κ2) is 6.92.